The molecule has 0 unspecified atom stereocenters. The largest absolute Gasteiger partial charge is 0.497 e. The molecule has 0 fully saturated rings. The van der Waals surface area contributed by atoms with Crippen LogP contribution in [0.3, 0.4) is 0 Å². The monoisotopic (exact) mass is 369 g/mol. The van der Waals surface area contributed by atoms with Crippen LogP contribution in [0.25, 0.3) is 6.08 Å². The Balaban J connectivity index is 1.84. The smallest absolute Gasteiger partial charge is 0.363 e. The van der Waals surface area contributed by atoms with Crippen molar-refractivity contribution in [2.45, 2.75) is 0 Å². The van der Waals surface area contributed by atoms with Crippen LogP contribution in [-0.4, -0.2) is 26.1 Å². The molecule has 0 spiro atoms. The molecule has 0 amide bonds. The SMILES string of the molecule is COc1ccc(C2=NC(=CC=Cc3ccccc3OC)C(=O)O2)c(Cl)c1. The number of cyclic esters (lactones) is 1. The van der Waals surface area contributed by atoms with E-state index in [1.807, 2.05) is 30.3 Å². The lowest BCUT2D eigenvalue weighted by atomic mass is 10.2. The van der Waals surface area contributed by atoms with Crippen LogP contribution in [0.5, 0.6) is 11.5 Å². The average Bonchev–Trinajstić information content (AvgIpc) is 3.02. The highest BCUT2D eigenvalue weighted by Gasteiger charge is 2.25. The summed E-state index contributed by atoms with van der Waals surface area (Å²) in [6.45, 7) is 0. The lowest BCUT2D eigenvalue weighted by Crippen LogP contribution is -2.06. The predicted octanol–water partition coefficient (Wildman–Crippen LogP) is 4.26. The number of hydrogen-bond donors (Lipinski definition) is 0. The minimum atomic E-state index is -0.531. The highest BCUT2D eigenvalue weighted by molar-refractivity contribution is 6.34. The Morgan fingerprint density at radius 2 is 1.92 bits per heavy atom. The Morgan fingerprint density at radius 1 is 1.12 bits per heavy atom. The van der Waals surface area contributed by atoms with Crippen LogP contribution < -0.4 is 9.47 Å². The number of methoxy groups -OCH3 is 2. The number of nitrogens with zero attached hydrogens (tertiary/aromatic N) is 1. The Bertz CT molecular complexity index is 931. The van der Waals surface area contributed by atoms with Crippen LogP contribution in [0.15, 0.2) is 65.3 Å². The molecular weight excluding hydrogens is 354 g/mol. The average molecular weight is 370 g/mol. The lowest BCUT2D eigenvalue weighted by Gasteiger charge is -2.05. The first-order valence-electron chi connectivity index (χ1n) is 7.78. The van der Waals surface area contributed by atoms with Crippen molar-refractivity contribution in [2.24, 2.45) is 4.99 Å². The third-order valence-electron chi connectivity index (χ3n) is 3.70. The van der Waals surface area contributed by atoms with Gasteiger partial charge in [-0.2, -0.15) is 0 Å². The number of carbonyl (C=O) groups is 1. The molecule has 1 aliphatic heterocycles. The van der Waals surface area contributed by atoms with Crippen molar-refractivity contribution in [3.8, 4) is 11.5 Å². The zero-order chi connectivity index (χ0) is 18.5. The van der Waals surface area contributed by atoms with Gasteiger partial charge in [-0.1, -0.05) is 42.0 Å². The van der Waals surface area contributed by atoms with E-state index < -0.39 is 5.97 Å². The predicted molar refractivity (Wildman–Crippen MR) is 101 cm³/mol. The Labute approximate surface area is 156 Å². The number of para-hydroxylation sites is 1. The standard InChI is InChI=1S/C20H16ClNO4/c1-24-14-10-11-15(16(21)12-14)19-22-17(20(23)26-19)8-5-7-13-6-3-4-9-18(13)25-2/h3-12H,1-2H3. The van der Waals surface area contributed by atoms with Gasteiger partial charge >= 0.3 is 5.97 Å². The number of rotatable bonds is 5. The maximum atomic E-state index is 12.0. The topological polar surface area (TPSA) is 57.1 Å². The highest BCUT2D eigenvalue weighted by atomic mass is 35.5. The van der Waals surface area contributed by atoms with Gasteiger partial charge in [0.25, 0.3) is 0 Å². The Hall–Kier alpha value is -3.05. The molecule has 0 radical (unpaired) electrons. The van der Waals surface area contributed by atoms with Crippen LogP contribution in [0.4, 0.5) is 0 Å². The number of ether oxygens (including phenoxy) is 3. The minimum Gasteiger partial charge on any atom is -0.497 e. The number of carbonyl (C=O) groups excluding carboxylic acids is 1. The first kappa shape index (κ1) is 17.8. The summed E-state index contributed by atoms with van der Waals surface area (Å²) >= 11 is 6.20. The molecule has 2 aromatic rings. The van der Waals surface area contributed by atoms with Crippen LogP contribution in [-0.2, 0) is 9.53 Å². The summed E-state index contributed by atoms with van der Waals surface area (Å²) in [5.74, 6) is 0.987. The molecule has 0 atom stereocenters. The van der Waals surface area contributed by atoms with E-state index in [0.29, 0.717) is 16.3 Å². The van der Waals surface area contributed by atoms with Crippen molar-refractivity contribution < 1.29 is 19.0 Å². The summed E-state index contributed by atoms with van der Waals surface area (Å²) in [6, 6.07) is 12.6. The fourth-order valence-corrected chi connectivity index (χ4v) is 2.63. The molecule has 6 heteroatoms. The molecule has 0 saturated carbocycles. The van der Waals surface area contributed by atoms with Crippen LogP contribution in [0.1, 0.15) is 11.1 Å². The number of allylic oxidation sites excluding steroid dienone is 2. The molecule has 1 heterocycles. The molecule has 1 aliphatic rings. The van der Waals surface area contributed by atoms with Gasteiger partial charge in [-0.05, 0) is 30.3 Å². The number of halogens is 1. The van der Waals surface area contributed by atoms with Crippen molar-refractivity contribution in [1.82, 2.24) is 0 Å². The third-order valence-corrected chi connectivity index (χ3v) is 4.01. The van der Waals surface area contributed by atoms with Gasteiger partial charge in [0, 0.05) is 5.56 Å². The first-order chi connectivity index (χ1) is 12.6. The molecule has 0 N–H and O–H groups in total. The van der Waals surface area contributed by atoms with Gasteiger partial charge in [0.05, 0.1) is 24.8 Å². The van der Waals surface area contributed by atoms with E-state index in [2.05, 4.69) is 4.99 Å². The van der Waals surface area contributed by atoms with E-state index in [4.69, 9.17) is 25.8 Å². The van der Waals surface area contributed by atoms with Crippen LogP contribution in [0, 0.1) is 0 Å². The second kappa shape index (κ2) is 7.89. The second-order valence-electron chi connectivity index (χ2n) is 5.31. The van der Waals surface area contributed by atoms with Gasteiger partial charge in [0.2, 0.25) is 5.90 Å². The van der Waals surface area contributed by atoms with Crippen molar-refractivity contribution in [3.05, 3.63) is 76.5 Å². The van der Waals surface area contributed by atoms with E-state index in [9.17, 15) is 4.79 Å². The summed E-state index contributed by atoms with van der Waals surface area (Å²) in [5.41, 5.74) is 1.61. The van der Waals surface area contributed by atoms with Gasteiger partial charge in [0.1, 0.15) is 11.5 Å². The molecule has 26 heavy (non-hydrogen) atoms. The minimum absolute atomic E-state index is 0.166. The van der Waals surface area contributed by atoms with Crippen molar-refractivity contribution in [3.63, 3.8) is 0 Å². The Morgan fingerprint density at radius 3 is 2.65 bits per heavy atom. The molecule has 132 valence electrons. The summed E-state index contributed by atoms with van der Waals surface area (Å²) < 4.78 is 15.6. The van der Waals surface area contributed by atoms with Gasteiger partial charge in [-0.3, -0.25) is 0 Å². The molecule has 0 aromatic heterocycles. The quantitative estimate of drug-likeness (QED) is 0.583. The van der Waals surface area contributed by atoms with Crippen molar-refractivity contribution in [1.29, 1.82) is 0 Å². The third kappa shape index (κ3) is 3.78. The molecule has 5 nitrogen and oxygen atoms in total. The molecule has 0 saturated heterocycles. The maximum absolute atomic E-state index is 12.0. The summed E-state index contributed by atoms with van der Waals surface area (Å²) in [5, 5.41) is 0.390. The fourth-order valence-electron chi connectivity index (χ4n) is 2.38. The Kier molecular flexibility index (Phi) is 5.39. The van der Waals surface area contributed by atoms with Gasteiger partial charge in [-0.15, -0.1) is 0 Å². The number of esters is 1. The van der Waals surface area contributed by atoms with Gasteiger partial charge in [0.15, 0.2) is 5.70 Å². The van der Waals surface area contributed by atoms with E-state index >= 15 is 0 Å². The number of hydrogen-bond acceptors (Lipinski definition) is 5. The van der Waals surface area contributed by atoms with Gasteiger partial charge in [-0.25, -0.2) is 9.79 Å². The number of benzene rings is 2. The summed E-state index contributed by atoms with van der Waals surface area (Å²) in [6.07, 6.45) is 5.13. The lowest BCUT2D eigenvalue weighted by molar-refractivity contribution is -0.130. The van der Waals surface area contributed by atoms with E-state index in [1.165, 1.54) is 0 Å². The first-order valence-corrected chi connectivity index (χ1v) is 8.16. The van der Waals surface area contributed by atoms with E-state index in [0.717, 1.165) is 11.3 Å². The van der Waals surface area contributed by atoms with Crippen molar-refractivity contribution in [2.75, 3.05) is 14.2 Å². The molecule has 2 aromatic carbocycles. The number of aliphatic imine (C=N–C) groups is 1. The summed E-state index contributed by atoms with van der Waals surface area (Å²) in [7, 11) is 3.15. The fraction of sp³-hybridized carbons (Fsp3) is 0.100. The molecular formula is C20H16ClNO4. The van der Waals surface area contributed by atoms with Crippen molar-refractivity contribution >= 4 is 29.5 Å². The second-order valence-corrected chi connectivity index (χ2v) is 5.71. The molecule has 0 bridgehead atoms. The maximum Gasteiger partial charge on any atom is 0.363 e. The van der Waals surface area contributed by atoms with Crippen LogP contribution in [0.2, 0.25) is 5.02 Å². The van der Waals surface area contributed by atoms with Gasteiger partial charge < -0.3 is 14.2 Å². The zero-order valence-corrected chi connectivity index (χ0v) is 15.0. The molecule has 3 rings (SSSR count). The highest BCUT2D eigenvalue weighted by Crippen LogP contribution is 2.26. The summed E-state index contributed by atoms with van der Waals surface area (Å²) in [4.78, 5) is 16.3. The van der Waals surface area contributed by atoms with E-state index in [-0.39, 0.29) is 11.6 Å². The van der Waals surface area contributed by atoms with E-state index in [1.54, 1.807) is 44.6 Å². The zero-order valence-electron chi connectivity index (χ0n) is 14.2. The van der Waals surface area contributed by atoms with Crippen LogP contribution >= 0.6 is 11.6 Å². The normalized spacial score (nSPS) is 15.3. The molecule has 0 aliphatic carbocycles.